The van der Waals surface area contributed by atoms with Crippen molar-refractivity contribution in [1.82, 2.24) is 24.7 Å². The standard InChI is InChI=1S/C51H64FN7O3/c1-34-26-43-41-7-5-4-6-36(41)28-44(43)47(59(34)33-50(2,3)52)38-30-53-49(54-31-38)57-20-13-35(14-21-57)12-19-55-22-15-51(16-23-55)17-24-56(25-18-51)39-8-10-42-37(27-39)32-58(48(42)62)45-11-9-40(60)29-46(45)61/h4-8,10,27,30-31,34-35,45,47H,9,11-26,28-29,32-33H2,1-3H3/t34-,45?,47-/m1/s1. The molecule has 1 saturated carbocycles. The average Bonchev–Trinajstić information content (AvgIpc) is 3.80. The second-order valence-corrected chi connectivity index (χ2v) is 20.6. The fraction of sp³-hybridized carbons (Fsp3) is 0.588. The van der Waals surface area contributed by atoms with E-state index in [-0.39, 0.29) is 36.0 Å². The van der Waals surface area contributed by atoms with Gasteiger partial charge in [0.15, 0.2) is 5.78 Å². The smallest absolute Gasteiger partial charge is 0.255 e. The van der Waals surface area contributed by atoms with Crippen molar-refractivity contribution in [3.63, 3.8) is 0 Å². The summed E-state index contributed by atoms with van der Waals surface area (Å²) in [6.07, 6.45) is 15.2. The van der Waals surface area contributed by atoms with E-state index >= 15 is 4.39 Å². The SMILES string of the molecule is C[C@@H]1CC2=C(Cc3ccccc32)[C@@H](c2cnc(N3CCC(CCN4CCC5(CC4)CCN(c4ccc6c(c4)CN(C4CCC(=O)CC4=O)C6=O)CC5)CC3)nc2)N1CC(C)(C)F. The second kappa shape index (κ2) is 16.6. The summed E-state index contributed by atoms with van der Waals surface area (Å²) in [6, 6.07) is 14.7. The summed E-state index contributed by atoms with van der Waals surface area (Å²) in [5.74, 6) is 1.34. The molecule has 2 aromatic carbocycles. The lowest BCUT2D eigenvalue weighted by atomic mass is 9.71. The van der Waals surface area contributed by atoms with Gasteiger partial charge in [-0.05, 0) is 162 Å². The molecule has 1 amide bonds. The van der Waals surface area contributed by atoms with E-state index in [1.54, 1.807) is 18.7 Å². The van der Waals surface area contributed by atoms with Gasteiger partial charge in [-0.3, -0.25) is 19.3 Å². The number of likely N-dealkylation sites (tertiary alicyclic amines) is 1. The number of halogens is 1. The van der Waals surface area contributed by atoms with E-state index in [1.807, 2.05) is 18.5 Å². The summed E-state index contributed by atoms with van der Waals surface area (Å²) in [4.78, 5) is 59.2. The number of Topliss-reactive ketones (excluding diaryl/α,β-unsaturated/α-hetero) is 2. The molecule has 0 radical (unpaired) electrons. The largest absolute Gasteiger partial charge is 0.371 e. The van der Waals surface area contributed by atoms with Crippen molar-refractivity contribution in [2.45, 2.75) is 128 Å². The number of ketones is 2. The number of nitrogens with zero attached hydrogens (tertiary/aromatic N) is 7. The molecule has 3 atom stereocenters. The third-order valence-electron chi connectivity index (χ3n) is 16.0. The first-order valence-corrected chi connectivity index (χ1v) is 23.7. The topological polar surface area (TPSA) is 93.2 Å². The van der Waals surface area contributed by atoms with Crippen LogP contribution >= 0.6 is 0 Å². The Hall–Kier alpha value is -4.48. The van der Waals surface area contributed by atoms with Crippen molar-refractivity contribution in [1.29, 1.82) is 0 Å². The predicted molar refractivity (Wildman–Crippen MR) is 241 cm³/mol. The molecular formula is C51H64FN7O3. The van der Waals surface area contributed by atoms with E-state index in [2.05, 4.69) is 62.9 Å². The minimum absolute atomic E-state index is 0.0136. The number of carbonyl (C=O) groups is 3. The van der Waals surface area contributed by atoms with Gasteiger partial charge in [-0.25, -0.2) is 14.4 Å². The maximum absolute atomic E-state index is 15.3. The molecule has 10 nitrogen and oxygen atoms in total. The van der Waals surface area contributed by atoms with Crippen molar-refractivity contribution in [3.8, 4) is 0 Å². The highest BCUT2D eigenvalue weighted by Crippen LogP contribution is 2.49. The van der Waals surface area contributed by atoms with E-state index in [0.29, 0.717) is 36.9 Å². The van der Waals surface area contributed by atoms with E-state index in [4.69, 9.17) is 9.97 Å². The number of aromatic nitrogens is 2. The number of benzene rings is 2. The van der Waals surface area contributed by atoms with Gasteiger partial charge in [0.2, 0.25) is 5.95 Å². The molecular weight excluding hydrogens is 778 g/mol. The molecule has 1 aromatic heterocycles. The van der Waals surface area contributed by atoms with Crippen LogP contribution in [0.5, 0.6) is 0 Å². The summed E-state index contributed by atoms with van der Waals surface area (Å²) in [7, 11) is 0. The summed E-state index contributed by atoms with van der Waals surface area (Å²) in [5, 5.41) is 0. The Balaban J connectivity index is 0.684. The highest BCUT2D eigenvalue weighted by atomic mass is 19.1. The number of carbonyl (C=O) groups excluding carboxylic acids is 3. The molecule has 11 heteroatoms. The van der Waals surface area contributed by atoms with Crippen LogP contribution in [0.25, 0.3) is 5.57 Å². The zero-order chi connectivity index (χ0) is 42.8. The lowest BCUT2D eigenvalue weighted by Gasteiger charge is -2.47. The van der Waals surface area contributed by atoms with E-state index < -0.39 is 11.7 Å². The number of anilines is 2. The Morgan fingerprint density at radius 3 is 2.27 bits per heavy atom. The third-order valence-corrected chi connectivity index (χ3v) is 16.0. The quantitative estimate of drug-likeness (QED) is 0.199. The van der Waals surface area contributed by atoms with Crippen LogP contribution in [0.2, 0.25) is 0 Å². The van der Waals surface area contributed by atoms with Gasteiger partial charge in [0.25, 0.3) is 5.91 Å². The number of hydrogen-bond donors (Lipinski definition) is 0. The molecule has 4 fully saturated rings. The zero-order valence-corrected chi connectivity index (χ0v) is 37.1. The summed E-state index contributed by atoms with van der Waals surface area (Å²) in [5.41, 5.74) is 8.62. The molecule has 10 rings (SSSR count). The Bertz CT molecular complexity index is 2230. The molecule has 7 aliphatic rings. The number of fused-ring (bicyclic) bond motifs is 3. The first kappa shape index (κ1) is 41.5. The number of hydrogen-bond acceptors (Lipinski definition) is 9. The summed E-state index contributed by atoms with van der Waals surface area (Å²) in [6.45, 7) is 14.0. The molecule has 0 N–H and O–H groups in total. The van der Waals surface area contributed by atoms with Crippen LogP contribution in [0.1, 0.15) is 130 Å². The van der Waals surface area contributed by atoms with Crippen LogP contribution in [0, 0.1) is 11.3 Å². The lowest BCUT2D eigenvalue weighted by Crippen LogP contribution is -2.47. The molecule has 3 saturated heterocycles. The summed E-state index contributed by atoms with van der Waals surface area (Å²) < 4.78 is 15.3. The molecule has 2 aliphatic carbocycles. The lowest BCUT2D eigenvalue weighted by molar-refractivity contribution is -0.133. The minimum Gasteiger partial charge on any atom is -0.371 e. The van der Waals surface area contributed by atoms with E-state index in [9.17, 15) is 14.4 Å². The normalized spacial score (nSPS) is 26.1. The van der Waals surface area contributed by atoms with Crippen LogP contribution in [0.4, 0.5) is 16.0 Å². The molecule has 1 spiro atoms. The predicted octanol–water partition coefficient (Wildman–Crippen LogP) is 8.01. The first-order valence-electron chi connectivity index (χ1n) is 23.7. The van der Waals surface area contributed by atoms with Crippen LogP contribution in [0.15, 0.2) is 60.4 Å². The Morgan fingerprint density at radius 2 is 1.55 bits per heavy atom. The van der Waals surface area contributed by atoms with Gasteiger partial charge in [-0.15, -0.1) is 0 Å². The van der Waals surface area contributed by atoms with Crippen molar-refractivity contribution in [2.75, 3.05) is 62.2 Å². The van der Waals surface area contributed by atoms with Gasteiger partial charge < -0.3 is 19.6 Å². The Kier molecular flexibility index (Phi) is 11.1. The highest BCUT2D eigenvalue weighted by molar-refractivity contribution is 6.07. The molecule has 1 unspecified atom stereocenters. The van der Waals surface area contributed by atoms with Crippen LogP contribution in [-0.2, 0) is 22.6 Å². The first-order chi connectivity index (χ1) is 29.9. The molecule has 0 bridgehead atoms. The van der Waals surface area contributed by atoms with Crippen LogP contribution in [0.3, 0.4) is 0 Å². The maximum Gasteiger partial charge on any atom is 0.255 e. The fourth-order valence-electron chi connectivity index (χ4n) is 12.3. The van der Waals surface area contributed by atoms with Gasteiger partial charge in [0.05, 0.1) is 18.5 Å². The van der Waals surface area contributed by atoms with Crippen molar-refractivity contribution < 1.29 is 18.8 Å². The van der Waals surface area contributed by atoms with Crippen LogP contribution in [-0.4, -0.2) is 112 Å². The zero-order valence-electron chi connectivity index (χ0n) is 37.1. The molecule has 62 heavy (non-hydrogen) atoms. The van der Waals surface area contributed by atoms with Gasteiger partial charge in [-0.1, -0.05) is 24.3 Å². The fourth-order valence-corrected chi connectivity index (χ4v) is 12.3. The maximum atomic E-state index is 15.3. The number of piperidine rings is 3. The summed E-state index contributed by atoms with van der Waals surface area (Å²) >= 11 is 0. The monoisotopic (exact) mass is 842 g/mol. The molecule has 5 aliphatic heterocycles. The third kappa shape index (κ3) is 8.12. The van der Waals surface area contributed by atoms with Crippen molar-refractivity contribution >= 4 is 34.7 Å². The van der Waals surface area contributed by atoms with Gasteiger partial charge >= 0.3 is 0 Å². The Morgan fingerprint density at radius 1 is 0.823 bits per heavy atom. The van der Waals surface area contributed by atoms with Gasteiger partial charge in [0, 0.05) is 80.9 Å². The molecule has 328 valence electrons. The van der Waals surface area contributed by atoms with Crippen molar-refractivity contribution in [3.05, 3.63) is 88.2 Å². The minimum atomic E-state index is -1.30. The van der Waals surface area contributed by atoms with Crippen molar-refractivity contribution in [2.24, 2.45) is 11.3 Å². The number of alkyl halides is 1. The average molecular weight is 842 g/mol. The van der Waals surface area contributed by atoms with Crippen LogP contribution < -0.4 is 9.80 Å². The van der Waals surface area contributed by atoms with Gasteiger partial charge in [0.1, 0.15) is 11.5 Å². The van der Waals surface area contributed by atoms with E-state index in [1.165, 1.54) is 92.5 Å². The Labute approximate surface area is 366 Å². The molecule has 6 heterocycles. The molecule has 3 aromatic rings. The van der Waals surface area contributed by atoms with E-state index in [0.717, 1.165) is 62.0 Å². The highest BCUT2D eigenvalue weighted by Gasteiger charge is 2.43. The number of rotatable bonds is 9. The number of amides is 1. The second-order valence-electron chi connectivity index (χ2n) is 20.6. The van der Waals surface area contributed by atoms with Gasteiger partial charge in [-0.2, -0.15) is 0 Å².